The number of hydrogen-bond donors (Lipinski definition) is 1. The maximum Gasteiger partial charge on any atom is 0.238 e. The fourth-order valence-electron chi connectivity index (χ4n) is 4.39. The van der Waals surface area contributed by atoms with Gasteiger partial charge in [-0.15, -0.1) is 0 Å². The number of rotatable bonds is 6. The average Bonchev–Trinajstić information content (AvgIpc) is 3.46. The van der Waals surface area contributed by atoms with E-state index in [1.165, 1.54) is 18.2 Å². The highest BCUT2D eigenvalue weighted by Gasteiger charge is 2.51. The highest BCUT2D eigenvalue weighted by atomic mass is 32.2. The van der Waals surface area contributed by atoms with Gasteiger partial charge in [-0.1, -0.05) is 18.2 Å². The fraction of sp³-hybridized carbons (Fsp3) is 0.240. The number of aryl methyl sites for hydroxylation is 1. The van der Waals surface area contributed by atoms with Crippen LogP contribution in [-0.4, -0.2) is 21.0 Å². The maximum absolute atomic E-state index is 14.9. The van der Waals surface area contributed by atoms with Gasteiger partial charge in [-0.05, 0) is 84.0 Å². The first kappa shape index (κ1) is 21.6. The Morgan fingerprint density at radius 1 is 1.06 bits per heavy atom. The molecule has 0 atom stereocenters. The van der Waals surface area contributed by atoms with Crippen LogP contribution in [0.5, 0.6) is 11.5 Å². The zero-order valence-electron chi connectivity index (χ0n) is 17.9. The Kier molecular flexibility index (Phi) is 5.02. The molecule has 8 heteroatoms. The van der Waals surface area contributed by atoms with Gasteiger partial charge in [0.1, 0.15) is 11.6 Å². The summed E-state index contributed by atoms with van der Waals surface area (Å²) in [4.78, 5) is 13.3. The lowest BCUT2D eigenvalue weighted by atomic mass is 9.86. The molecule has 0 bridgehead atoms. The number of ketones is 1. The third kappa shape index (κ3) is 3.89. The minimum absolute atomic E-state index is 0.0268. The number of primary sulfonamides is 1. The Morgan fingerprint density at radius 2 is 1.82 bits per heavy atom. The van der Waals surface area contributed by atoms with E-state index in [-0.39, 0.29) is 29.5 Å². The summed E-state index contributed by atoms with van der Waals surface area (Å²) < 4.78 is 49.2. The molecule has 6 nitrogen and oxygen atoms in total. The Labute approximate surface area is 191 Å². The van der Waals surface area contributed by atoms with Crippen LogP contribution in [0.15, 0.2) is 59.5 Å². The molecule has 33 heavy (non-hydrogen) atoms. The molecule has 170 valence electrons. The van der Waals surface area contributed by atoms with Crippen molar-refractivity contribution in [3.05, 3.63) is 77.1 Å². The number of carbonyl (C=O) groups is 1. The molecule has 0 saturated heterocycles. The van der Waals surface area contributed by atoms with Crippen LogP contribution in [0.4, 0.5) is 4.39 Å². The second-order valence-corrected chi connectivity index (χ2v) is 10.1. The third-order valence-electron chi connectivity index (χ3n) is 6.43. The summed E-state index contributed by atoms with van der Waals surface area (Å²) in [5.41, 5.74) is 2.35. The second-order valence-electron chi connectivity index (χ2n) is 8.58. The Balaban J connectivity index is 1.47. The van der Waals surface area contributed by atoms with Crippen LogP contribution in [0.1, 0.15) is 29.5 Å². The largest absolute Gasteiger partial charge is 0.454 e. The lowest BCUT2D eigenvalue weighted by Gasteiger charge is -2.17. The molecule has 0 amide bonds. The number of hydrogen-bond acceptors (Lipinski definition) is 5. The van der Waals surface area contributed by atoms with Crippen LogP contribution in [-0.2, 0) is 26.7 Å². The maximum atomic E-state index is 14.9. The van der Waals surface area contributed by atoms with Crippen molar-refractivity contribution >= 4 is 15.8 Å². The van der Waals surface area contributed by atoms with Crippen molar-refractivity contribution in [3.8, 4) is 22.6 Å². The van der Waals surface area contributed by atoms with Crippen LogP contribution >= 0.6 is 0 Å². The molecule has 1 heterocycles. The van der Waals surface area contributed by atoms with Gasteiger partial charge >= 0.3 is 0 Å². The van der Waals surface area contributed by atoms with E-state index in [4.69, 9.17) is 14.6 Å². The van der Waals surface area contributed by atoms with Crippen LogP contribution in [0.2, 0.25) is 0 Å². The van der Waals surface area contributed by atoms with E-state index in [9.17, 15) is 17.6 Å². The fourth-order valence-corrected chi connectivity index (χ4v) is 4.95. The number of ether oxygens (including phenoxy) is 2. The first-order chi connectivity index (χ1) is 15.7. The topological polar surface area (TPSA) is 95.7 Å². The van der Waals surface area contributed by atoms with Crippen LogP contribution < -0.4 is 14.6 Å². The molecule has 1 aliphatic carbocycles. The minimum atomic E-state index is -3.88. The standard InChI is InChI=1S/C25H22FNO5S/c1-15-9-21(26)17(11-20(15)16-3-2-4-19(10-16)33(27,29)30)12-24(28)25(7-8-25)18-5-6-22-23(13-18)32-14-31-22/h2-6,9-11,13H,7-8,12,14H2,1H3,(H2,27,29,30). The van der Waals surface area contributed by atoms with Gasteiger partial charge < -0.3 is 9.47 Å². The Bertz CT molecular complexity index is 1400. The van der Waals surface area contributed by atoms with E-state index in [0.29, 0.717) is 41.0 Å². The number of benzene rings is 3. The summed E-state index contributed by atoms with van der Waals surface area (Å²) in [6.07, 6.45) is 1.33. The van der Waals surface area contributed by atoms with Gasteiger partial charge in [-0.25, -0.2) is 17.9 Å². The molecular formula is C25H22FNO5S. The SMILES string of the molecule is Cc1cc(F)c(CC(=O)C2(c3ccc4c(c3)OCO4)CC2)cc1-c1cccc(S(N)(=O)=O)c1. The van der Waals surface area contributed by atoms with E-state index in [1.54, 1.807) is 31.2 Å². The van der Waals surface area contributed by atoms with Crippen LogP contribution in [0.3, 0.4) is 0 Å². The summed E-state index contributed by atoms with van der Waals surface area (Å²) in [6.45, 7) is 1.90. The highest BCUT2D eigenvalue weighted by molar-refractivity contribution is 7.89. The van der Waals surface area contributed by atoms with E-state index in [0.717, 1.165) is 5.56 Å². The van der Waals surface area contributed by atoms with Gasteiger partial charge in [0.2, 0.25) is 16.8 Å². The molecular weight excluding hydrogens is 445 g/mol. The van der Waals surface area contributed by atoms with Crippen LogP contribution in [0.25, 0.3) is 11.1 Å². The van der Waals surface area contributed by atoms with Gasteiger partial charge in [-0.3, -0.25) is 4.79 Å². The average molecular weight is 468 g/mol. The van der Waals surface area contributed by atoms with Crippen molar-refractivity contribution in [1.82, 2.24) is 0 Å². The molecule has 5 rings (SSSR count). The Morgan fingerprint density at radius 3 is 2.55 bits per heavy atom. The quantitative estimate of drug-likeness (QED) is 0.591. The molecule has 2 aliphatic rings. The molecule has 0 spiro atoms. The molecule has 0 radical (unpaired) electrons. The smallest absolute Gasteiger partial charge is 0.238 e. The second kappa shape index (κ2) is 7.67. The monoisotopic (exact) mass is 467 g/mol. The number of Topliss-reactive ketones (excluding diaryl/α,β-unsaturated/α-hetero) is 1. The van der Waals surface area contributed by atoms with Crippen molar-refractivity contribution in [2.45, 2.75) is 36.5 Å². The van der Waals surface area contributed by atoms with Crippen molar-refractivity contribution in [3.63, 3.8) is 0 Å². The normalized spacial score (nSPS) is 16.0. The molecule has 0 aromatic heterocycles. The van der Waals surface area contributed by atoms with Crippen LogP contribution in [0, 0.1) is 12.7 Å². The first-order valence-corrected chi connectivity index (χ1v) is 12.1. The van der Waals surface area contributed by atoms with E-state index in [2.05, 4.69) is 0 Å². The van der Waals surface area contributed by atoms with E-state index >= 15 is 0 Å². The van der Waals surface area contributed by atoms with E-state index in [1.807, 2.05) is 12.1 Å². The van der Waals surface area contributed by atoms with Crippen molar-refractivity contribution in [2.75, 3.05) is 6.79 Å². The molecule has 1 fully saturated rings. The molecule has 0 unspecified atom stereocenters. The lowest BCUT2D eigenvalue weighted by Crippen LogP contribution is -2.23. The summed E-state index contributed by atoms with van der Waals surface area (Å²) >= 11 is 0. The predicted octanol–water partition coefficient (Wildman–Crippen LogP) is 4.02. The zero-order chi connectivity index (χ0) is 23.4. The minimum Gasteiger partial charge on any atom is -0.454 e. The third-order valence-corrected chi connectivity index (χ3v) is 7.34. The highest BCUT2D eigenvalue weighted by Crippen LogP contribution is 2.51. The zero-order valence-corrected chi connectivity index (χ0v) is 18.7. The predicted molar refractivity (Wildman–Crippen MR) is 120 cm³/mol. The van der Waals surface area contributed by atoms with Gasteiger partial charge in [0.25, 0.3) is 0 Å². The number of sulfonamides is 1. The van der Waals surface area contributed by atoms with Gasteiger partial charge in [-0.2, -0.15) is 0 Å². The van der Waals surface area contributed by atoms with Gasteiger partial charge in [0.15, 0.2) is 11.5 Å². The van der Waals surface area contributed by atoms with Crippen molar-refractivity contribution in [1.29, 1.82) is 0 Å². The van der Waals surface area contributed by atoms with Crippen molar-refractivity contribution < 1.29 is 27.1 Å². The Hall–Kier alpha value is -3.23. The first-order valence-electron chi connectivity index (χ1n) is 10.5. The van der Waals surface area contributed by atoms with Gasteiger partial charge in [0.05, 0.1) is 10.3 Å². The molecule has 3 aromatic carbocycles. The van der Waals surface area contributed by atoms with Crippen molar-refractivity contribution in [2.24, 2.45) is 5.14 Å². The molecule has 1 aliphatic heterocycles. The van der Waals surface area contributed by atoms with Gasteiger partial charge in [0, 0.05) is 6.42 Å². The lowest BCUT2D eigenvalue weighted by molar-refractivity contribution is -0.120. The number of carbonyl (C=O) groups excluding carboxylic acids is 1. The molecule has 1 saturated carbocycles. The molecule has 2 N–H and O–H groups in total. The number of nitrogens with two attached hydrogens (primary N) is 1. The molecule has 3 aromatic rings. The number of halogens is 1. The van der Waals surface area contributed by atoms with E-state index < -0.39 is 21.3 Å². The summed E-state index contributed by atoms with van der Waals surface area (Å²) in [5.74, 6) is 0.741. The number of fused-ring (bicyclic) bond motifs is 1. The summed E-state index contributed by atoms with van der Waals surface area (Å²) in [7, 11) is -3.88. The summed E-state index contributed by atoms with van der Waals surface area (Å²) in [6, 6.07) is 14.7. The summed E-state index contributed by atoms with van der Waals surface area (Å²) in [5, 5.41) is 5.26.